The Morgan fingerprint density at radius 2 is 1.97 bits per heavy atom. The Balaban J connectivity index is 1.45. The van der Waals surface area contributed by atoms with Crippen molar-refractivity contribution in [3.63, 3.8) is 0 Å². The molecule has 160 valence electrons. The maximum absolute atomic E-state index is 14.3. The van der Waals surface area contributed by atoms with Gasteiger partial charge in [0.2, 0.25) is 5.91 Å². The first-order valence-electron chi connectivity index (χ1n) is 10.2. The second kappa shape index (κ2) is 10.6. The molecule has 0 aromatic heterocycles. The zero-order valence-electron chi connectivity index (χ0n) is 17.5. The van der Waals surface area contributed by atoms with Crippen LogP contribution in [0, 0.1) is 11.7 Å². The largest absolute Gasteiger partial charge is 0.490 e. The average molecular weight is 413 g/mol. The second-order valence-corrected chi connectivity index (χ2v) is 7.50. The van der Waals surface area contributed by atoms with Crippen LogP contribution in [0.15, 0.2) is 53.5 Å². The normalized spacial score (nSPS) is 14.7. The Labute approximate surface area is 176 Å². The highest BCUT2D eigenvalue weighted by atomic mass is 19.1. The van der Waals surface area contributed by atoms with Gasteiger partial charge in [-0.3, -0.25) is 9.79 Å². The third-order valence-electron chi connectivity index (χ3n) is 4.95. The summed E-state index contributed by atoms with van der Waals surface area (Å²) in [5, 5.41) is 9.00. The SMILES string of the molecule is CN=C(NCC(=O)NCc1ccccc1)NC(C)c1ccc(OCC2CC2)c(F)c1. The lowest BCUT2D eigenvalue weighted by Crippen LogP contribution is -2.43. The molecule has 1 atom stereocenters. The number of halogens is 1. The van der Waals surface area contributed by atoms with Crippen molar-refractivity contribution in [3.05, 3.63) is 65.5 Å². The second-order valence-electron chi connectivity index (χ2n) is 7.50. The van der Waals surface area contributed by atoms with Gasteiger partial charge in [0.05, 0.1) is 19.2 Å². The molecule has 1 aliphatic carbocycles. The summed E-state index contributed by atoms with van der Waals surface area (Å²) >= 11 is 0. The van der Waals surface area contributed by atoms with Crippen LogP contribution in [0.2, 0.25) is 0 Å². The number of ether oxygens (including phenoxy) is 1. The molecule has 2 aromatic carbocycles. The molecule has 1 saturated carbocycles. The standard InChI is InChI=1S/C23H29FN4O2/c1-16(19-10-11-21(20(24)12-19)30-15-18-8-9-18)28-23(25-2)27-14-22(29)26-13-17-6-4-3-5-7-17/h3-7,10-12,16,18H,8-9,13-15H2,1-2H3,(H,26,29)(H2,25,27,28). The van der Waals surface area contributed by atoms with E-state index in [1.165, 1.54) is 6.07 Å². The molecule has 1 amide bonds. The maximum atomic E-state index is 14.3. The van der Waals surface area contributed by atoms with Crippen LogP contribution in [-0.2, 0) is 11.3 Å². The minimum atomic E-state index is -0.370. The van der Waals surface area contributed by atoms with Crippen LogP contribution in [0.5, 0.6) is 5.75 Å². The highest BCUT2D eigenvalue weighted by molar-refractivity contribution is 5.86. The molecule has 3 N–H and O–H groups in total. The molecular formula is C23H29FN4O2. The van der Waals surface area contributed by atoms with Gasteiger partial charge in [-0.25, -0.2) is 4.39 Å². The fourth-order valence-corrected chi connectivity index (χ4v) is 2.90. The molecule has 0 bridgehead atoms. The van der Waals surface area contributed by atoms with Crippen LogP contribution in [-0.4, -0.2) is 32.1 Å². The molecule has 1 fully saturated rings. The number of benzene rings is 2. The van der Waals surface area contributed by atoms with Crippen molar-refractivity contribution in [2.45, 2.75) is 32.4 Å². The molecule has 0 aliphatic heterocycles. The lowest BCUT2D eigenvalue weighted by atomic mass is 10.1. The number of rotatable bonds is 9. The molecule has 1 aliphatic rings. The minimum Gasteiger partial charge on any atom is -0.490 e. The number of nitrogens with zero attached hydrogens (tertiary/aromatic N) is 1. The van der Waals surface area contributed by atoms with E-state index in [9.17, 15) is 9.18 Å². The van der Waals surface area contributed by atoms with Crippen molar-refractivity contribution in [1.29, 1.82) is 0 Å². The van der Waals surface area contributed by atoms with Crippen molar-refractivity contribution < 1.29 is 13.9 Å². The van der Waals surface area contributed by atoms with E-state index in [1.54, 1.807) is 13.1 Å². The molecule has 7 heteroatoms. The van der Waals surface area contributed by atoms with Crippen LogP contribution in [0.1, 0.15) is 36.9 Å². The van der Waals surface area contributed by atoms with E-state index >= 15 is 0 Å². The van der Waals surface area contributed by atoms with Gasteiger partial charge in [-0.2, -0.15) is 0 Å². The molecule has 30 heavy (non-hydrogen) atoms. The number of aliphatic imine (C=N–C) groups is 1. The van der Waals surface area contributed by atoms with Crippen LogP contribution in [0.4, 0.5) is 4.39 Å². The molecule has 0 saturated heterocycles. The van der Waals surface area contributed by atoms with Crippen molar-refractivity contribution in [3.8, 4) is 5.75 Å². The average Bonchev–Trinajstić information content (AvgIpc) is 3.59. The summed E-state index contributed by atoms with van der Waals surface area (Å²) in [6, 6.07) is 14.5. The van der Waals surface area contributed by atoms with Gasteiger partial charge in [-0.05, 0) is 48.9 Å². The highest BCUT2D eigenvalue weighted by Crippen LogP contribution is 2.30. The van der Waals surface area contributed by atoms with Gasteiger partial charge in [-0.1, -0.05) is 36.4 Å². The van der Waals surface area contributed by atoms with E-state index in [-0.39, 0.29) is 30.1 Å². The summed E-state index contributed by atoms with van der Waals surface area (Å²) < 4.78 is 19.9. The predicted octanol–water partition coefficient (Wildman–Crippen LogP) is 3.16. The van der Waals surface area contributed by atoms with Gasteiger partial charge >= 0.3 is 0 Å². The Morgan fingerprint density at radius 1 is 1.20 bits per heavy atom. The van der Waals surface area contributed by atoms with Crippen molar-refractivity contribution in [1.82, 2.24) is 16.0 Å². The van der Waals surface area contributed by atoms with Crippen LogP contribution >= 0.6 is 0 Å². The maximum Gasteiger partial charge on any atom is 0.239 e. The van der Waals surface area contributed by atoms with Gasteiger partial charge in [-0.15, -0.1) is 0 Å². The molecule has 3 rings (SSSR count). The first-order valence-corrected chi connectivity index (χ1v) is 10.2. The quantitative estimate of drug-likeness (QED) is 0.437. The lowest BCUT2D eigenvalue weighted by molar-refractivity contribution is -0.120. The van der Waals surface area contributed by atoms with Crippen LogP contribution in [0.3, 0.4) is 0 Å². The fourth-order valence-electron chi connectivity index (χ4n) is 2.90. The predicted molar refractivity (Wildman–Crippen MR) is 116 cm³/mol. The molecular weight excluding hydrogens is 383 g/mol. The van der Waals surface area contributed by atoms with Crippen molar-refractivity contribution in [2.75, 3.05) is 20.2 Å². The molecule has 0 heterocycles. The third-order valence-corrected chi connectivity index (χ3v) is 4.95. The Kier molecular flexibility index (Phi) is 7.65. The van der Waals surface area contributed by atoms with Gasteiger partial charge in [0.25, 0.3) is 0 Å². The van der Waals surface area contributed by atoms with E-state index in [1.807, 2.05) is 43.3 Å². The summed E-state index contributed by atoms with van der Waals surface area (Å²) in [6.07, 6.45) is 2.33. The molecule has 1 unspecified atom stereocenters. The highest BCUT2D eigenvalue weighted by Gasteiger charge is 2.22. The summed E-state index contributed by atoms with van der Waals surface area (Å²) in [5.74, 6) is 0.814. The van der Waals surface area contributed by atoms with Crippen LogP contribution in [0.25, 0.3) is 0 Å². The van der Waals surface area contributed by atoms with Crippen LogP contribution < -0.4 is 20.7 Å². The van der Waals surface area contributed by atoms with Crippen molar-refractivity contribution in [2.24, 2.45) is 10.9 Å². The number of hydrogen-bond donors (Lipinski definition) is 3. The Morgan fingerprint density at radius 3 is 2.63 bits per heavy atom. The minimum absolute atomic E-state index is 0.0849. The summed E-state index contributed by atoms with van der Waals surface area (Å²) in [5.41, 5.74) is 1.80. The zero-order chi connectivity index (χ0) is 21.3. The topological polar surface area (TPSA) is 74.8 Å². The zero-order valence-corrected chi connectivity index (χ0v) is 17.5. The monoisotopic (exact) mass is 412 g/mol. The molecule has 0 spiro atoms. The smallest absolute Gasteiger partial charge is 0.239 e. The summed E-state index contributed by atoms with van der Waals surface area (Å²) in [4.78, 5) is 16.2. The Bertz CT molecular complexity index is 869. The first-order chi connectivity index (χ1) is 14.5. The third kappa shape index (κ3) is 6.76. The number of guanidine groups is 1. The summed E-state index contributed by atoms with van der Waals surface area (Å²) in [7, 11) is 1.62. The number of carbonyl (C=O) groups is 1. The van der Waals surface area contributed by atoms with E-state index in [0.717, 1.165) is 24.0 Å². The lowest BCUT2D eigenvalue weighted by Gasteiger charge is -2.19. The first kappa shape index (κ1) is 21.6. The molecule has 0 radical (unpaired) electrons. The van der Waals surface area contributed by atoms with E-state index in [0.29, 0.717) is 25.0 Å². The Hall–Kier alpha value is -3.09. The van der Waals surface area contributed by atoms with Gasteiger partial charge in [0, 0.05) is 13.6 Å². The van der Waals surface area contributed by atoms with E-state index in [2.05, 4.69) is 20.9 Å². The fraction of sp³-hybridized carbons (Fsp3) is 0.391. The van der Waals surface area contributed by atoms with Crippen molar-refractivity contribution >= 4 is 11.9 Å². The van der Waals surface area contributed by atoms with Gasteiger partial charge < -0.3 is 20.7 Å². The summed E-state index contributed by atoms with van der Waals surface area (Å²) in [6.45, 7) is 3.04. The van der Waals surface area contributed by atoms with Gasteiger partial charge in [0.15, 0.2) is 17.5 Å². The van der Waals surface area contributed by atoms with Gasteiger partial charge in [0.1, 0.15) is 0 Å². The van der Waals surface area contributed by atoms with E-state index < -0.39 is 0 Å². The molecule has 2 aromatic rings. The van der Waals surface area contributed by atoms with E-state index in [4.69, 9.17) is 4.74 Å². The number of hydrogen-bond acceptors (Lipinski definition) is 3. The number of amides is 1. The number of carbonyl (C=O) groups excluding carboxylic acids is 1. The number of nitrogens with one attached hydrogen (secondary N) is 3. The molecule has 6 nitrogen and oxygen atoms in total.